The van der Waals surface area contributed by atoms with Crippen LogP contribution < -0.4 is 27.0 Å². The lowest BCUT2D eigenvalue weighted by Crippen LogP contribution is -2.50. The molecule has 0 saturated heterocycles. The molecule has 0 spiro atoms. The summed E-state index contributed by atoms with van der Waals surface area (Å²) in [4.78, 5) is 90.9. The number of anilines is 2. The first kappa shape index (κ1) is 68.2. The minimum Gasteiger partial charge on any atom is -0.506 e. The molecule has 3 rings (SSSR count). The standard InChI is InChI=1S/C30H43N3O5.C19H32N2O2.C4H8O2.2CO2/c1-19(15-20(2)30(5,6)7)16-24-13-14-26(34)25(17-24)33-28(36)21(3)31-27(35)22(4)32-29(37)38-18-23-11-9-8-10-12-23;1-12(9-13(2)19(4,5)6)10-15-7-8-17(22)16(11-15)21-18(23)14(3)20;1-4(2)6-3-5;2*2-1-3/h8-14,17,19-22,34H,15-16,18H2,1-7H3,(H,31,35)(H,32,37)(H,33,36);7-8,11-14,22H,9-10,20H2,1-6H3,(H,21,23);3-4H,1-2H3;;/t19-,20?,21?,22?;12-,13?,14?;;;/m10.../s1. The van der Waals surface area contributed by atoms with Crippen LogP contribution in [0, 0.1) is 34.5 Å². The number of carbonyl (C=O) groups excluding carboxylic acids is 9. The number of alkyl carbamates (subject to hydrolysis) is 1. The summed E-state index contributed by atoms with van der Waals surface area (Å²) in [5, 5.41) is 30.6. The molecular formula is C55H83N5O13. The van der Waals surface area contributed by atoms with Crippen LogP contribution in [0.15, 0.2) is 66.7 Å². The van der Waals surface area contributed by atoms with Crippen LogP contribution in [0.1, 0.15) is 133 Å². The van der Waals surface area contributed by atoms with Gasteiger partial charge in [-0.25, -0.2) is 4.79 Å². The molecule has 0 aliphatic heterocycles. The lowest BCUT2D eigenvalue weighted by molar-refractivity contribution is -0.193. The van der Waals surface area contributed by atoms with Gasteiger partial charge in [0.1, 0.15) is 30.2 Å². The molecule has 0 aliphatic rings. The van der Waals surface area contributed by atoms with Crippen molar-refractivity contribution in [3.8, 4) is 11.5 Å². The number of rotatable bonds is 19. The summed E-state index contributed by atoms with van der Waals surface area (Å²) in [5.41, 5.74) is 9.76. The zero-order valence-electron chi connectivity index (χ0n) is 45.5. The molecule has 0 radical (unpaired) electrons. The van der Waals surface area contributed by atoms with Crippen molar-refractivity contribution in [3.63, 3.8) is 0 Å². The first-order valence-corrected chi connectivity index (χ1v) is 24.2. The van der Waals surface area contributed by atoms with Crippen molar-refractivity contribution in [2.75, 3.05) is 10.6 Å². The number of amides is 4. The lowest BCUT2D eigenvalue weighted by atomic mass is 9.76. The fraction of sp³-hybridized carbons (Fsp3) is 0.545. The monoisotopic (exact) mass is 1020 g/mol. The minimum absolute atomic E-state index is 0.0301. The third-order valence-electron chi connectivity index (χ3n) is 11.7. The number of phenolic OH excluding ortho intramolecular Hbond substituents is 2. The quantitative estimate of drug-likeness (QED) is 0.0437. The Kier molecular flexibility index (Phi) is 33.0. The van der Waals surface area contributed by atoms with Crippen LogP contribution in [0.3, 0.4) is 0 Å². The highest BCUT2D eigenvalue weighted by atomic mass is 16.5. The van der Waals surface area contributed by atoms with E-state index in [0.717, 1.165) is 42.4 Å². The number of benzene rings is 3. The molecule has 18 heteroatoms. The van der Waals surface area contributed by atoms with Gasteiger partial charge >= 0.3 is 18.4 Å². The highest BCUT2D eigenvalue weighted by molar-refractivity contribution is 5.99. The van der Waals surface area contributed by atoms with Crippen molar-refractivity contribution >= 4 is 54.0 Å². The molecule has 7 atom stereocenters. The van der Waals surface area contributed by atoms with Crippen LogP contribution in [0.2, 0.25) is 0 Å². The molecule has 0 fully saturated rings. The van der Waals surface area contributed by atoms with Gasteiger partial charge in [0, 0.05) is 0 Å². The van der Waals surface area contributed by atoms with Crippen LogP contribution in [-0.2, 0) is 67.3 Å². The second-order valence-corrected chi connectivity index (χ2v) is 20.7. The molecule has 18 nitrogen and oxygen atoms in total. The Morgan fingerprint density at radius 2 is 1.00 bits per heavy atom. The number of ether oxygens (including phenoxy) is 2. The maximum Gasteiger partial charge on any atom is 0.408 e. The normalized spacial score (nSPS) is 13.4. The molecule has 0 heterocycles. The smallest absolute Gasteiger partial charge is 0.408 e. The summed E-state index contributed by atoms with van der Waals surface area (Å²) in [6.45, 7) is 31.3. The van der Waals surface area contributed by atoms with E-state index in [0.29, 0.717) is 46.9 Å². The average molecular weight is 1020 g/mol. The molecule has 3 aromatic carbocycles. The number of aromatic hydroxyl groups is 2. The molecule has 0 aliphatic carbocycles. The fourth-order valence-corrected chi connectivity index (χ4v) is 6.52. The zero-order valence-corrected chi connectivity index (χ0v) is 45.5. The molecule has 406 valence electrons. The largest absolute Gasteiger partial charge is 0.506 e. The van der Waals surface area contributed by atoms with E-state index >= 15 is 0 Å². The van der Waals surface area contributed by atoms with Crippen LogP contribution in [0.5, 0.6) is 11.5 Å². The van der Waals surface area contributed by atoms with E-state index in [1.54, 1.807) is 39.0 Å². The Hall–Kier alpha value is -6.87. The van der Waals surface area contributed by atoms with Gasteiger partial charge in [-0.3, -0.25) is 19.2 Å². The van der Waals surface area contributed by atoms with Gasteiger partial charge in [0.2, 0.25) is 17.7 Å². The predicted octanol–water partition coefficient (Wildman–Crippen LogP) is 8.73. The average Bonchev–Trinajstić information content (AvgIpc) is 3.28. The Balaban J connectivity index is 0. The van der Waals surface area contributed by atoms with E-state index in [-0.39, 0.29) is 47.8 Å². The summed E-state index contributed by atoms with van der Waals surface area (Å²) < 4.78 is 9.49. The maximum absolute atomic E-state index is 12.7. The first-order chi connectivity index (χ1) is 33.9. The summed E-state index contributed by atoms with van der Waals surface area (Å²) in [5.74, 6) is 0.850. The minimum atomic E-state index is -0.915. The second-order valence-electron chi connectivity index (χ2n) is 20.7. The van der Waals surface area contributed by atoms with E-state index in [9.17, 15) is 34.2 Å². The van der Waals surface area contributed by atoms with Crippen LogP contribution in [0.4, 0.5) is 16.2 Å². The van der Waals surface area contributed by atoms with Gasteiger partial charge in [0.15, 0.2) is 0 Å². The predicted molar refractivity (Wildman–Crippen MR) is 278 cm³/mol. The molecule has 4 amide bonds. The highest BCUT2D eigenvalue weighted by Crippen LogP contribution is 2.34. The Morgan fingerprint density at radius 3 is 1.36 bits per heavy atom. The number of carbonyl (C=O) groups is 5. The molecule has 0 saturated carbocycles. The molecule has 8 N–H and O–H groups in total. The molecule has 0 bridgehead atoms. The van der Waals surface area contributed by atoms with E-state index in [1.165, 1.54) is 13.8 Å². The van der Waals surface area contributed by atoms with E-state index < -0.39 is 36.0 Å². The van der Waals surface area contributed by atoms with Crippen LogP contribution >= 0.6 is 0 Å². The van der Waals surface area contributed by atoms with Gasteiger partial charge in [0.05, 0.1) is 23.5 Å². The maximum atomic E-state index is 12.7. The second kappa shape index (κ2) is 35.3. The van der Waals surface area contributed by atoms with Crippen molar-refractivity contribution in [3.05, 3.63) is 83.4 Å². The lowest BCUT2D eigenvalue weighted by Gasteiger charge is -2.29. The zero-order chi connectivity index (χ0) is 56.6. The Morgan fingerprint density at radius 1 is 0.603 bits per heavy atom. The molecule has 73 heavy (non-hydrogen) atoms. The first-order valence-electron chi connectivity index (χ1n) is 24.2. The fourth-order valence-electron chi connectivity index (χ4n) is 6.52. The van der Waals surface area contributed by atoms with Crippen molar-refractivity contribution in [2.45, 2.75) is 160 Å². The number of nitrogens with two attached hydrogens (primary N) is 1. The van der Waals surface area contributed by atoms with Gasteiger partial charge in [0.25, 0.3) is 6.47 Å². The number of hydrogen-bond acceptors (Lipinski definition) is 14. The van der Waals surface area contributed by atoms with Gasteiger partial charge in [-0.2, -0.15) is 19.2 Å². The van der Waals surface area contributed by atoms with Crippen LogP contribution in [0.25, 0.3) is 0 Å². The third kappa shape index (κ3) is 31.3. The van der Waals surface area contributed by atoms with Crippen LogP contribution in [-0.4, -0.2) is 77.0 Å². The van der Waals surface area contributed by atoms with Crippen molar-refractivity contribution < 1.29 is 62.8 Å². The SMILES string of the molecule is CC(C)OC=O.CC(N)C(=O)Nc1cc(C[C@@H](C)CC(C)C(C)(C)C)ccc1O.CC(NC(=O)OCc1ccccc1)C(=O)NC(C)C(=O)Nc1cc(C[C@H](C)CC(C)C(C)(C)C)ccc1O.O=C=O.O=C=O. The number of hydrogen-bond donors (Lipinski definition) is 7. The molecule has 5 unspecified atom stereocenters. The Bertz CT molecular complexity index is 2180. The summed E-state index contributed by atoms with van der Waals surface area (Å²) in [6.07, 6.45) is 3.75. The van der Waals surface area contributed by atoms with Gasteiger partial charge in [-0.05, 0) is 136 Å². The van der Waals surface area contributed by atoms with Crippen molar-refractivity contribution in [2.24, 2.45) is 40.2 Å². The van der Waals surface area contributed by atoms with Gasteiger partial charge in [-0.15, -0.1) is 0 Å². The number of phenols is 2. The topological polar surface area (TPSA) is 287 Å². The molecule has 0 aromatic heterocycles. The van der Waals surface area contributed by atoms with E-state index in [2.05, 4.69) is 95.2 Å². The number of nitrogens with one attached hydrogen (secondary N) is 4. The van der Waals surface area contributed by atoms with Gasteiger partial charge in [-0.1, -0.05) is 112 Å². The summed E-state index contributed by atoms with van der Waals surface area (Å²) in [6, 6.07) is 17.3. The summed E-state index contributed by atoms with van der Waals surface area (Å²) in [7, 11) is 0. The Labute approximate surface area is 432 Å². The molecule has 3 aromatic rings. The third-order valence-corrected chi connectivity index (χ3v) is 11.7. The highest BCUT2D eigenvalue weighted by Gasteiger charge is 2.25. The van der Waals surface area contributed by atoms with Crippen molar-refractivity contribution in [1.82, 2.24) is 10.6 Å². The van der Waals surface area contributed by atoms with Crippen molar-refractivity contribution in [1.29, 1.82) is 0 Å². The summed E-state index contributed by atoms with van der Waals surface area (Å²) >= 11 is 0. The van der Waals surface area contributed by atoms with Gasteiger partial charge < -0.3 is 46.7 Å². The molecular weight excluding hydrogens is 939 g/mol. The van der Waals surface area contributed by atoms with E-state index in [4.69, 9.17) is 29.6 Å². The van der Waals surface area contributed by atoms with E-state index in [1.807, 2.05) is 48.5 Å².